The predicted octanol–water partition coefficient (Wildman–Crippen LogP) is 2.30. The van der Waals surface area contributed by atoms with Gasteiger partial charge in [-0.1, -0.05) is 24.6 Å². The lowest BCUT2D eigenvalue weighted by molar-refractivity contribution is 0.277. The molecule has 0 saturated heterocycles. The molecule has 0 saturated carbocycles. The minimum absolute atomic E-state index is 0.0562. The summed E-state index contributed by atoms with van der Waals surface area (Å²) in [6.07, 6.45) is 2.20. The van der Waals surface area contributed by atoms with Gasteiger partial charge in [0.1, 0.15) is 11.4 Å². The van der Waals surface area contributed by atoms with Crippen molar-refractivity contribution in [2.75, 3.05) is 0 Å². The molecule has 86 valence electrons. The van der Waals surface area contributed by atoms with Crippen molar-refractivity contribution in [1.29, 1.82) is 0 Å². The van der Waals surface area contributed by atoms with Gasteiger partial charge in [0.05, 0.1) is 11.5 Å². The quantitative estimate of drug-likeness (QED) is 0.868. The summed E-state index contributed by atoms with van der Waals surface area (Å²) in [4.78, 5) is 1.12. The van der Waals surface area contributed by atoms with Gasteiger partial charge in [0.25, 0.3) is 0 Å². The minimum atomic E-state index is -0.0562. The number of aliphatic hydroxyl groups excluding tert-OH is 1. The summed E-state index contributed by atoms with van der Waals surface area (Å²) in [5.41, 5.74) is 1.63. The van der Waals surface area contributed by atoms with Crippen molar-refractivity contribution in [1.82, 2.24) is 15.0 Å². The van der Waals surface area contributed by atoms with E-state index in [0.29, 0.717) is 5.69 Å². The number of unbranched alkanes of at least 4 members (excludes halogenated alkanes) is 1. The summed E-state index contributed by atoms with van der Waals surface area (Å²) in [6, 6.07) is 4.03. The maximum absolute atomic E-state index is 9.24. The van der Waals surface area contributed by atoms with Crippen LogP contribution in [0.15, 0.2) is 17.5 Å². The number of aliphatic hydroxyl groups is 1. The summed E-state index contributed by atoms with van der Waals surface area (Å²) in [6.45, 7) is 2.95. The topological polar surface area (TPSA) is 50.9 Å². The van der Waals surface area contributed by atoms with Crippen molar-refractivity contribution in [3.8, 4) is 10.6 Å². The summed E-state index contributed by atoms with van der Waals surface area (Å²) in [5.74, 6) is 0. The Morgan fingerprint density at radius 1 is 1.50 bits per heavy atom. The fraction of sp³-hybridized carbons (Fsp3) is 0.455. The second-order valence-corrected chi connectivity index (χ2v) is 4.54. The van der Waals surface area contributed by atoms with Gasteiger partial charge in [-0.25, -0.2) is 4.68 Å². The zero-order valence-electron chi connectivity index (χ0n) is 9.26. The van der Waals surface area contributed by atoms with Gasteiger partial charge in [0.2, 0.25) is 0 Å². The van der Waals surface area contributed by atoms with Gasteiger partial charge < -0.3 is 5.11 Å². The van der Waals surface area contributed by atoms with Gasteiger partial charge in [-0.3, -0.25) is 0 Å². The summed E-state index contributed by atoms with van der Waals surface area (Å²) in [5, 5.41) is 19.4. The van der Waals surface area contributed by atoms with Gasteiger partial charge in [-0.05, 0) is 17.9 Å². The molecule has 2 rings (SSSR count). The first-order chi connectivity index (χ1) is 7.86. The molecule has 1 N–H and O–H groups in total. The molecule has 2 aromatic heterocycles. The molecule has 0 aromatic carbocycles. The van der Waals surface area contributed by atoms with Crippen molar-refractivity contribution in [3.63, 3.8) is 0 Å². The molecule has 0 atom stereocenters. The van der Waals surface area contributed by atoms with Crippen LogP contribution in [0.4, 0.5) is 0 Å². The second kappa shape index (κ2) is 5.23. The maximum atomic E-state index is 9.24. The highest BCUT2D eigenvalue weighted by atomic mass is 32.1. The van der Waals surface area contributed by atoms with E-state index in [-0.39, 0.29) is 6.61 Å². The number of rotatable bonds is 5. The Labute approximate surface area is 98.5 Å². The van der Waals surface area contributed by atoms with Gasteiger partial charge in [0, 0.05) is 6.54 Å². The molecule has 2 heterocycles. The molecule has 0 amide bonds. The Morgan fingerprint density at radius 2 is 2.38 bits per heavy atom. The van der Waals surface area contributed by atoms with Crippen LogP contribution < -0.4 is 0 Å². The molecular formula is C11H15N3OS. The number of thiophene rings is 1. The SMILES string of the molecule is CCCCn1nnc(CO)c1-c1cccs1. The highest BCUT2D eigenvalue weighted by Gasteiger charge is 2.14. The Balaban J connectivity index is 2.35. The Bertz CT molecular complexity index is 436. The van der Waals surface area contributed by atoms with Gasteiger partial charge in [-0.2, -0.15) is 0 Å². The molecule has 0 radical (unpaired) electrons. The standard InChI is InChI=1S/C11H15N3OS/c1-2-3-6-14-11(9(8-15)12-13-14)10-5-4-7-16-10/h4-5,7,15H,2-3,6,8H2,1H3. The van der Waals surface area contributed by atoms with E-state index in [4.69, 9.17) is 0 Å². The van der Waals surface area contributed by atoms with Crippen LogP contribution in [0.3, 0.4) is 0 Å². The molecule has 0 spiro atoms. The van der Waals surface area contributed by atoms with E-state index in [2.05, 4.69) is 17.2 Å². The largest absolute Gasteiger partial charge is 0.390 e. The van der Waals surface area contributed by atoms with Crippen LogP contribution >= 0.6 is 11.3 Å². The lowest BCUT2D eigenvalue weighted by atomic mass is 10.2. The maximum Gasteiger partial charge on any atom is 0.117 e. The van der Waals surface area contributed by atoms with E-state index in [9.17, 15) is 5.11 Å². The fourth-order valence-electron chi connectivity index (χ4n) is 1.60. The fourth-order valence-corrected chi connectivity index (χ4v) is 2.40. The first kappa shape index (κ1) is 11.3. The monoisotopic (exact) mass is 237 g/mol. The van der Waals surface area contributed by atoms with Gasteiger partial charge >= 0.3 is 0 Å². The van der Waals surface area contributed by atoms with Crippen molar-refractivity contribution in [2.24, 2.45) is 0 Å². The average Bonchev–Trinajstić information content (AvgIpc) is 2.94. The van der Waals surface area contributed by atoms with Crippen molar-refractivity contribution < 1.29 is 5.11 Å². The van der Waals surface area contributed by atoms with E-state index >= 15 is 0 Å². The van der Waals surface area contributed by atoms with Crippen LogP contribution in [-0.2, 0) is 13.2 Å². The molecule has 0 unspecified atom stereocenters. The first-order valence-corrected chi connectivity index (χ1v) is 6.32. The first-order valence-electron chi connectivity index (χ1n) is 5.44. The van der Waals surface area contributed by atoms with E-state index in [1.807, 2.05) is 22.2 Å². The van der Waals surface area contributed by atoms with E-state index in [1.165, 1.54) is 0 Å². The average molecular weight is 237 g/mol. The third kappa shape index (κ3) is 2.15. The predicted molar refractivity (Wildman–Crippen MR) is 64.2 cm³/mol. The Morgan fingerprint density at radius 3 is 3.00 bits per heavy atom. The van der Waals surface area contributed by atoms with Crippen LogP contribution in [0.1, 0.15) is 25.5 Å². The van der Waals surface area contributed by atoms with Crippen molar-refractivity contribution in [3.05, 3.63) is 23.2 Å². The normalized spacial score (nSPS) is 10.9. The molecule has 0 aliphatic heterocycles. The molecule has 2 aromatic rings. The molecule has 0 fully saturated rings. The second-order valence-electron chi connectivity index (χ2n) is 3.60. The van der Waals surface area contributed by atoms with Crippen LogP contribution in [-0.4, -0.2) is 20.1 Å². The highest BCUT2D eigenvalue weighted by Crippen LogP contribution is 2.27. The van der Waals surface area contributed by atoms with Gasteiger partial charge in [0.15, 0.2) is 0 Å². The minimum Gasteiger partial charge on any atom is -0.390 e. The smallest absolute Gasteiger partial charge is 0.117 e. The molecule has 4 nitrogen and oxygen atoms in total. The number of aryl methyl sites for hydroxylation is 1. The number of hydrogen-bond acceptors (Lipinski definition) is 4. The third-order valence-electron chi connectivity index (χ3n) is 2.43. The lowest BCUT2D eigenvalue weighted by Gasteiger charge is -2.04. The van der Waals surface area contributed by atoms with E-state index < -0.39 is 0 Å². The Hall–Kier alpha value is -1.20. The number of aromatic nitrogens is 3. The summed E-state index contributed by atoms with van der Waals surface area (Å²) >= 11 is 1.65. The molecular weight excluding hydrogens is 222 g/mol. The van der Waals surface area contributed by atoms with Crippen LogP contribution in [0, 0.1) is 0 Å². The molecule has 0 aliphatic carbocycles. The summed E-state index contributed by atoms with van der Waals surface area (Å²) < 4.78 is 1.89. The molecule has 5 heteroatoms. The van der Waals surface area contributed by atoms with Crippen molar-refractivity contribution in [2.45, 2.75) is 32.9 Å². The molecule has 0 aliphatic rings. The van der Waals surface area contributed by atoms with E-state index in [0.717, 1.165) is 30.0 Å². The van der Waals surface area contributed by atoms with E-state index in [1.54, 1.807) is 11.3 Å². The highest BCUT2D eigenvalue weighted by molar-refractivity contribution is 7.13. The molecule has 0 bridgehead atoms. The zero-order valence-corrected chi connectivity index (χ0v) is 10.1. The van der Waals surface area contributed by atoms with Crippen LogP contribution in [0.5, 0.6) is 0 Å². The number of hydrogen-bond donors (Lipinski definition) is 1. The third-order valence-corrected chi connectivity index (χ3v) is 3.31. The summed E-state index contributed by atoms with van der Waals surface area (Å²) in [7, 11) is 0. The van der Waals surface area contributed by atoms with Crippen LogP contribution in [0.25, 0.3) is 10.6 Å². The van der Waals surface area contributed by atoms with Gasteiger partial charge in [-0.15, -0.1) is 16.4 Å². The number of nitrogens with zero attached hydrogens (tertiary/aromatic N) is 3. The zero-order chi connectivity index (χ0) is 11.4. The lowest BCUT2D eigenvalue weighted by Crippen LogP contribution is -2.02. The van der Waals surface area contributed by atoms with Crippen molar-refractivity contribution >= 4 is 11.3 Å². The molecule has 16 heavy (non-hydrogen) atoms. The van der Waals surface area contributed by atoms with Crippen LogP contribution in [0.2, 0.25) is 0 Å². The Kier molecular flexibility index (Phi) is 3.69.